The third kappa shape index (κ3) is 3.71. The molecule has 2 aromatic heterocycles. The average molecular weight is 290 g/mol. The molecule has 2 heterocycles. The molecule has 0 radical (unpaired) electrons. The van der Waals surface area contributed by atoms with Crippen LogP contribution in [0.15, 0.2) is 28.9 Å². The number of furan rings is 1. The van der Waals surface area contributed by atoms with Gasteiger partial charge in [0, 0.05) is 19.7 Å². The summed E-state index contributed by atoms with van der Waals surface area (Å²) in [6, 6.07) is 4.72. The molecule has 112 valence electrons. The zero-order chi connectivity index (χ0) is 15.2. The molecular formula is C14H18N4O3. The minimum Gasteiger partial charge on any atom is -0.459 e. The lowest BCUT2D eigenvalue weighted by molar-refractivity contribution is 0.0946. The number of anilines is 1. The average Bonchev–Trinajstić information content (AvgIpc) is 3.09. The summed E-state index contributed by atoms with van der Waals surface area (Å²) in [5.41, 5.74) is 0.267. The minimum absolute atomic E-state index is 0.199. The lowest BCUT2D eigenvalue weighted by atomic mass is 10.3. The molecule has 0 unspecified atom stereocenters. The zero-order valence-corrected chi connectivity index (χ0v) is 12.0. The largest absolute Gasteiger partial charge is 0.459 e. The molecule has 0 aliphatic heterocycles. The molecule has 7 heteroatoms. The number of nitrogens with zero attached hydrogens (tertiary/aromatic N) is 2. The number of aromatic nitrogens is 2. The SMILES string of the molecule is CCCCNC(=O)c1cc(NC(=O)c2ccco2)n(C)n1. The van der Waals surface area contributed by atoms with Crippen LogP contribution in [-0.2, 0) is 7.05 Å². The van der Waals surface area contributed by atoms with Crippen molar-refractivity contribution in [3.63, 3.8) is 0 Å². The lowest BCUT2D eigenvalue weighted by Gasteiger charge is -2.01. The van der Waals surface area contributed by atoms with Gasteiger partial charge in [-0.2, -0.15) is 5.10 Å². The predicted octanol–water partition coefficient (Wildman–Crippen LogP) is 1.80. The van der Waals surface area contributed by atoms with Crippen molar-refractivity contribution in [2.24, 2.45) is 7.05 Å². The molecule has 21 heavy (non-hydrogen) atoms. The Balaban J connectivity index is 2.02. The van der Waals surface area contributed by atoms with E-state index >= 15 is 0 Å². The molecule has 2 amide bonds. The number of carbonyl (C=O) groups is 2. The van der Waals surface area contributed by atoms with Crippen LogP contribution in [0.1, 0.15) is 40.8 Å². The normalized spacial score (nSPS) is 10.4. The van der Waals surface area contributed by atoms with Gasteiger partial charge >= 0.3 is 0 Å². The number of carbonyl (C=O) groups excluding carboxylic acids is 2. The molecule has 2 N–H and O–H groups in total. The van der Waals surface area contributed by atoms with Crippen molar-refractivity contribution in [3.05, 3.63) is 35.9 Å². The van der Waals surface area contributed by atoms with Crippen molar-refractivity contribution >= 4 is 17.6 Å². The van der Waals surface area contributed by atoms with Gasteiger partial charge in [-0.3, -0.25) is 14.3 Å². The summed E-state index contributed by atoms with van der Waals surface area (Å²) in [4.78, 5) is 23.8. The molecule has 0 bridgehead atoms. The molecule has 0 atom stereocenters. The van der Waals surface area contributed by atoms with Crippen molar-refractivity contribution < 1.29 is 14.0 Å². The van der Waals surface area contributed by atoms with E-state index < -0.39 is 0 Å². The summed E-state index contributed by atoms with van der Waals surface area (Å²) in [6.45, 7) is 2.66. The molecule has 0 spiro atoms. The molecule has 0 aliphatic carbocycles. The molecule has 7 nitrogen and oxygen atoms in total. The summed E-state index contributed by atoms with van der Waals surface area (Å²) < 4.78 is 6.45. The Bertz CT molecular complexity index is 616. The van der Waals surface area contributed by atoms with Crippen LogP contribution in [0.2, 0.25) is 0 Å². The van der Waals surface area contributed by atoms with Gasteiger partial charge in [0.25, 0.3) is 11.8 Å². The topological polar surface area (TPSA) is 89.2 Å². The monoisotopic (exact) mass is 290 g/mol. The fourth-order valence-electron chi connectivity index (χ4n) is 1.75. The highest BCUT2D eigenvalue weighted by molar-refractivity contribution is 6.02. The van der Waals surface area contributed by atoms with E-state index in [1.165, 1.54) is 17.0 Å². The standard InChI is InChI=1S/C14H18N4O3/c1-3-4-7-15-13(19)10-9-12(18(2)17-10)16-14(20)11-6-5-8-21-11/h5-6,8-9H,3-4,7H2,1-2H3,(H,15,19)(H,16,20). The Morgan fingerprint density at radius 1 is 1.38 bits per heavy atom. The lowest BCUT2D eigenvalue weighted by Crippen LogP contribution is -2.24. The highest BCUT2D eigenvalue weighted by Gasteiger charge is 2.15. The molecular weight excluding hydrogens is 272 g/mol. The van der Waals surface area contributed by atoms with E-state index in [1.54, 1.807) is 19.2 Å². The predicted molar refractivity (Wildman–Crippen MR) is 77.1 cm³/mol. The first kappa shape index (κ1) is 14.8. The van der Waals surface area contributed by atoms with Gasteiger partial charge in [0.05, 0.1) is 6.26 Å². The van der Waals surface area contributed by atoms with Gasteiger partial charge in [-0.25, -0.2) is 0 Å². The quantitative estimate of drug-likeness (QED) is 0.794. The molecule has 0 fully saturated rings. The van der Waals surface area contributed by atoms with Crippen LogP contribution in [0.25, 0.3) is 0 Å². The van der Waals surface area contributed by atoms with Crippen LogP contribution in [0.5, 0.6) is 0 Å². The van der Waals surface area contributed by atoms with Crippen LogP contribution < -0.4 is 10.6 Å². The highest BCUT2D eigenvalue weighted by Crippen LogP contribution is 2.11. The van der Waals surface area contributed by atoms with Crippen molar-refractivity contribution in [1.82, 2.24) is 15.1 Å². The summed E-state index contributed by atoms with van der Waals surface area (Å²) >= 11 is 0. The third-order valence-electron chi connectivity index (χ3n) is 2.91. The number of nitrogens with one attached hydrogen (secondary N) is 2. The van der Waals surface area contributed by atoms with Gasteiger partial charge in [0.1, 0.15) is 5.82 Å². The molecule has 0 saturated carbocycles. The Kier molecular flexibility index (Phi) is 4.76. The van der Waals surface area contributed by atoms with Crippen LogP contribution in [0.4, 0.5) is 5.82 Å². The number of rotatable bonds is 6. The molecule has 0 aliphatic rings. The van der Waals surface area contributed by atoms with Crippen molar-refractivity contribution in [3.8, 4) is 0 Å². The second-order valence-corrected chi connectivity index (χ2v) is 4.58. The zero-order valence-electron chi connectivity index (χ0n) is 12.0. The van der Waals surface area contributed by atoms with E-state index in [2.05, 4.69) is 22.7 Å². The van der Waals surface area contributed by atoms with Crippen LogP contribution >= 0.6 is 0 Å². The van der Waals surface area contributed by atoms with Gasteiger partial charge < -0.3 is 15.1 Å². The Morgan fingerprint density at radius 2 is 2.19 bits per heavy atom. The first-order valence-corrected chi connectivity index (χ1v) is 6.79. The fourth-order valence-corrected chi connectivity index (χ4v) is 1.75. The number of hydrogen-bond donors (Lipinski definition) is 2. The maximum atomic E-state index is 11.9. The number of unbranched alkanes of at least 4 members (excludes halogenated alkanes) is 1. The fraction of sp³-hybridized carbons (Fsp3) is 0.357. The Morgan fingerprint density at radius 3 is 2.86 bits per heavy atom. The van der Waals surface area contributed by atoms with Crippen molar-refractivity contribution in [2.75, 3.05) is 11.9 Å². The second-order valence-electron chi connectivity index (χ2n) is 4.58. The maximum absolute atomic E-state index is 11.9. The summed E-state index contributed by atoms with van der Waals surface area (Å²) in [6.07, 6.45) is 3.35. The van der Waals surface area contributed by atoms with Gasteiger partial charge in [0.2, 0.25) is 0 Å². The van der Waals surface area contributed by atoms with Gasteiger partial charge in [0.15, 0.2) is 11.5 Å². The molecule has 2 rings (SSSR count). The van der Waals surface area contributed by atoms with E-state index in [9.17, 15) is 9.59 Å². The smallest absolute Gasteiger partial charge is 0.292 e. The Labute approximate surface area is 122 Å². The molecule has 0 aromatic carbocycles. The summed E-state index contributed by atoms with van der Waals surface area (Å²) in [5.74, 6) is -0.0133. The van der Waals surface area contributed by atoms with Crippen molar-refractivity contribution in [1.29, 1.82) is 0 Å². The molecule has 0 saturated heterocycles. The minimum atomic E-state index is -0.388. The van der Waals surface area contributed by atoms with E-state index in [0.717, 1.165) is 12.8 Å². The van der Waals surface area contributed by atoms with E-state index in [1.807, 2.05) is 0 Å². The summed E-state index contributed by atoms with van der Waals surface area (Å²) in [5, 5.41) is 9.50. The van der Waals surface area contributed by atoms with E-state index in [0.29, 0.717) is 12.4 Å². The molecule has 2 aromatic rings. The van der Waals surface area contributed by atoms with Crippen LogP contribution in [0, 0.1) is 0 Å². The van der Waals surface area contributed by atoms with E-state index in [4.69, 9.17) is 4.42 Å². The second kappa shape index (κ2) is 6.74. The van der Waals surface area contributed by atoms with Gasteiger partial charge in [-0.1, -0.05) is 13.3 Å². The Hall–Kier alpha value is -2.57. The highest BCUT2D eigenvalue weighted by atomic mass is 16.3. The number of hydrogen-bond acceptors (Lipinski definition) is 4. The van der Waals surface area contributed by atoms with E-state index in [-0.39, 0.29) is 23.3 Å². The van der Waals surface area contributed by atoms with Gasteiger partial charge in [-0.15, -0.1) is 0 Å². The number of aryl methyl sites for hydroxylation is 1. The van der Waals surface area contributed by atoms with Gasteiger partial charge in [-0.05, 0) is 18.6 Å². The van der Waals surface area contributed by atoms with Crippen molar-refractivity contribution in [2.45, 2.75) is 19.8 Å². The first-order valence-electron chi connectivity index (χ1n) is 6.79. The number of amides is 2. The van der Waals surface area contributed by atoms with Crippen LogP contribution in [0.3, 0.4) is 0 Å². The first-order chi connectivity index (χ1) is 10.1. The third-order valence-corrected chi connectivity index (χ3v) is 2.91. The maximum Gasteiger partial charge on any atom is 0.292 e. The van der Waals surface area contributed by atoms with Crippen LogP contribution in [-0.4, -0.2) is 28.1 Å². The summed E-state index contributed by atoms with van der Waals surface area (Å²) in [7, 11) is 1.65.